The maximum absolute atomic E-state index is 12.5. The lowest BCUT2D eigenvalue weighted by atomic mass is 9.77. The van der Waals surface area contributed by atoms with E-state index in [-0.39, 0.29) is 11.7 Å². The van der Waals surface area contributed by atoms with E-state index in [1.54, 1.807) is 0 Å². The molecular formula is C15H31N3O3. The zero-order valence-corrected chi connectivity index (χ0v) is 13.8. The number of nitrogens with zero attached hydrogens (tertiary/aromatic N) is 1. The first-order valence-corrected chi connectivity index (χ1v) is 7.78. The zero-order chi connectivity index (χ0) is 16.3. The SMILES string of the molecule is CCCC(CCC)(C(=O)NCCOCC(C)C)C(N)=NO. The molecule has 0 aromatic carbocycles. The van der Waals surface area contributed by atoms with Crippen molar-refractivity contribution in [2.45, 2.75) is 53.4 Å². The number of ether oxygens (including phenoxy) is 1. The number of amidine groups is 1. The topological polar surface area (TPSA) is 96.9 Å². The summed E-state index contributed by atoms with van der Waals surface area (Å²) in [4.78, 5) is 12.5. The van der Waals surface area contributed by atoms with Gasteiger partial charge in [0.2, 0.25) is 5.91 Å². The minimum Gasteiger partial charge on any atom is -0.409 e. The average Bonchev–Trinajstić information content (AvgIpc) is 2.45. The largest absolute Gasteiger partial charge is 0.409 e. The Morgan fingerprint density at radius 3 is 2.33 bits per heavy atom. The Kier molecular flexibility index (Phi) is 9.78. The van der Waals surface area contributed by atoms with Gasteiger partial charge in [0.15, 0.2) is 5.84 Å². The van der Waals surface area contributed by atoms with Crippen LogP contribution in [0.15, 0.2) is 5.16 Å². The molecule has 0 unspecified atom stereocenters. The number of hydrogen-bond acceptors (Lipinski definition) is 4. The molecule has 4 N–H and O–H groups in total. The second kappa shape index (κ2) is 10.4. The fourth-order valence-corrected chi connectivity index (χ4v) is 2.40. The van der Waals surface area contributed by atoms with Crippen molar-refractivity contribution in [2.75, 3.05) is 19.8 Å². The molecule has 21 heavy (non-hydrogen) atoms. The molecule has 0 saturated heterocycles. The van der Waals surface area contributed by atoms with Gasteiger partial charge in [0, 0.05) is 13.2 Å². The van der Waals surface area contributed by atoms with Crippen LogP contribution in [0.4, 0.5) is 0 Å². The van der Waals surface area contributed by atoms with Gasteiger partial charge in [-0.3, -0.25) is 4.79 Å². The van der Waals surface area contributed by atoms with Crippen molar-refractivity contribution < 1.29 is 14.7 Å². The van der Waals surface area contributed by atoms with E-state index in [1.807, 2.05) is 13.8 Å². The molecule has 0 aliphatic carbocycles. The monoisotopic (exact) mass is 301 g/mol. The molecule has 6 heteroatoms. The van der Waals surface area contributed by atoms with Gasteiger partial charge >= 0.3 is 0 Å². The van der Waals surface area contributed by atoms with Crippen molar-refractivity contribution in [3.63, 3.8) is 0 Å². The minimum absolute atomic E-state index is 0.00759. The average molecular weight is 301 g/mol. The van der Waals surface area contributed by atoms with Crippen molar-refractivity contribution in [2.24, 2.45) is 22.2 Å². The highest BCUT2D eigenvalue weighted by Gasteiger charge is 2.41. The Balaban J connectivity index is 4.64. The summed E-state index contributed by atoms with van der Waals surface area (Å²) < 4.78 is 5.44. The first kappa shape index (κ1) is 19.7. The lowest BCUT2D eigenvalue weighted by Crippen LogP contribution is -2.50. The molecule has 0 spiro atoms. The highest BCUT2D eigenvalue weighted by Crippen LogP contribution is 2.30. The molecule has 0 aliphatic heterocycles. The molecule has 0 saturated carbocycles. The highest BCUT2D eigenvalue weighted by molar-refractivity contribution is 6.06. The Hall–Kier alpha value is -1.30. The van der Waals surface area contributed by atoms with E-state index < -0.39 is 5.41 Å². The van der Waals surface area contributed by atoms with Crippen molar-refractivity contribution in [1.82, 2.24) is 5.32 Å². The van der Waals surface area contributed by atoms with E-state index in [1.165, 1.54) is 0 Å². The molecule has 1 amide bonds. The van der Waals surface area contributed by atoms with Gasteiger partial charge in [-0.05, 0) is 18.8 Å². The van der Waals surface area contributed by atoms with Crippen LogP contribution in [0, 0.1) is 11.3 Å². The van der Waals surface area contributed by atoms with Crippen LogP contribution in [-0.4, -0.2) is 36.7 Å². The van der Waals surface area contributed by atoms with E-state index in [4.69, 9.17) is 15.7 Å². The van der Waals surface area contributed by atoms with Crippen LogP contribution in [0.25, 0.3) is 0 Å². The molecule has 0 heterocycles. The van der Waals surface area contributed by atoms with Crippen molar-refractivity contribution >= 4 is 11.7 Å². The lowest BCUT2D eigenvalue weighted by Gasteiger charge is -2.30. The third-order valence-corrected chi connectivity index (χ3v) is 3.37. The summed E-state index contributed by atoms with van der Waals surface area (Å²) in [7, 11) is 0. The zero-order valence-electron chi connectivity index (χ0n) is 13.8. The second-order valence-electron chi connectivity index (χ2n) is 5.79. The molecule has 0 aromatic heterocycles. The molecule has 0 fully saturated rings. The van der Waals surface area contributed by atoms with Gasteiger partial charge in [-0.1, -0.05) is 45.7 Å². The standard InChI is InChI=1S/C15H31N3O3/c1-5-7-15(8-6-2,13(16)18-20)14(19)17-9-10-21-11-12(3)4/h12,20H,5-11H2,1-4H3,(H2,16,18)(H,17,19). The quantitative estimate of drug-likeness (QED) is 0.179. The van der Waals surface area contributed by atoms with E-state index in [0.29, 0.717) is 38.5 Å². The fraction of sp³-hybridized carbons (Fsp3) is 0.867. The second-order valence-corrected chi connectivity index (χ2v) is 5.79. The number of carbonyl (C=O) groups excluding carboxylic acids is 1. The van der Waals surface area contributed by atoms with E-state index in [2.05, 4.69) is 24.3 Å². The molecule has 0 bridgehead atoms. The molecule has 0 rings (SSSR count). The smallest absolute Gasteiger partial charge is 0.234 e. The number of oxime groups is 1. The molecule has 124 valence electrons. The Morgan fingerprint density at radius 2 is 1.90 bits per heavy atom. The third kappa shape index (κ3) is 6.33. The highest BCUT2D eigenvalue weighted by atomic mass is 16.5. The summed E-state index contributed by atoms with van der Waals surface area (Å²) in [5.74, 6) is 0.276. The van der Waals surface area contributed by atoms with E-state index in [0.717, 1.165) is 12.8 Å². The van der Waals surface area contributed by atoms with Crippen LogP contribution in [0.3, 0.4) is 0 Å². The first-order valence-electron chi connectivity index (χ1n) is 7.78. The van der Waals surface area contributed by atoms with Gasteiger partial charge in [0.25, 0.3) is 0 Å². The van der Waals surface area contributed by atoms with Crippen molar-refractivity contribution in [3.8, 4) is 0 Å². The maximum Gasteiger partial charge on any atom is 0.234 e. The van der Waals surface area contributed by atoms with E-state index in [9.17, 15) is 4.79 Å². The van der Waals surface area contributed by atoms with Gasteiger partial charge in [0.1, 0.15) is 5.41 Å². The van der Waals surface area contributed by atoms with Crippen molar-refractivity contribution in [3.05, 3.63) is 0 Å². The minimum atomic E-state index is -0.920. The van der Waals surface area contributed by atoms with Crippen LogP contribution in [0.1, 0.15) is 53.4 Å². The number of rotatable bonds is 11. The molecule has 0 atom stereocenters. The van der Waals surface area contributed by atoms with Crippen LogP contribution in [-0.2, 0) is 9.53 Å². The van der Waals surface area contributed by atoms with Gasteiger partial charge in [-0.25, -0.2) is 0 Å². The number of hydrogen-bond donors (Lipinski definition) is 3. The lowest BCUT2D eigenvalue weighted by molar-refractivity contribution is -0.128. The summed E-state index contributed by atoms with van der Waals surface area (Å²) in [5.41, 5.74) is 4.88. The fourth-order valence-electron chi connectivity index (χ4n) is 2.40. The number of carbonyl (C=O) groups is 1. The molecule has 6 nitrogen and oxygen atoms in total. The van der Waals surface area contributed by atoms with Crippen LogP contribution < -0.4 is 11.1 Å². The first-order chi connectivity index (χ1) is 9.94. The molecule has 0 aromatic rings. The summed E-state index contributed by atoms with van der Waals surface area (Å²) >= 11 is 0. The molecule has 0 aliphatic rings. The van der Waals surface area contributed by atoms with Crippen molar-refractivity contribution in [1.29, 1.82) is 0 Å². The maximum atomic E-state index is 12.5. The summed E-state index contributed by atoms with van der Waals surface area (Å²) in [6, 6.07) is 0. The predicted molar refractivity (Wildman–Crippen MR) is 84.3 cm³/mol. The van der Waals surface area contributed by atoms with Gasteiger partial charge in [0.05, 0.1) is 6.61 Å². The molecule has 0 radical (unpaired) electrons. The third-order valence-electron chi connectivity index (χ3n) is 3.37. The summed E-state index contributed by atoms with van der Waals surface area (Å²) in [5, 5.41) is 14.9. The normalized spacial score (nSPS) is 12.7. The number of nitrogens with two attached hydrogens (primary N) is 1. The predicted octanol–water partition coefficient (Wildman–Crippen LogP) is 2.11. The molecular weight excluding hydrogens is 270 g/mol. The van der Waals surface area contributed by atoms with Gasteiger partial charge in [-0.15, -0.1) is 0 Å². The Morgan fingerprint density at radius 1 is 1.33 bits per heavy atom. The van der Waals surface area contributed by atoms with Gasteiger partial charge in [-0.2, -0.15) is 0 Å². The van der Waals surface area contributed by atoms with Crippen LogP contribution >= 0.6 is 0 Å². The van der Waals surface area contributed by atoms with Gasteiger partial charge < -0.3 is 21.0 Å². The Labute approximate surface area is 128 Å². The van der Waals surface area contributed by atoms with Crippen LogP contribution in [0.2, 0.25) is 0 Å². The summed E-state index contributed by atoms with van der Waals surface area (Å²) in [6.45, 7) is 9.68. The van der Waals surface area contributed by atoms with Crippen LogP contribution in [0.5, 0.6) is 0 Å². The number of nitrogens with one attached hydrogen (secondary N) is 1. The Bertz CT molecular complexity index is 324. The number of amides is 1. The summed E-state index contributed by atoms with van der Waals surface area (Å²) in [6.07, 6.45) is 2.70. The van der Waals surface area contributed by atoms with E-state index >= 15 is 0 Å².